The van der Waals surface area contributed by atoms with Crippen LogP contribution in [0.5, 0.6) is 5.75 Å². The summed E-state index contributed by atoms with van der Waals surface area (Å²) in [6, 6.07) is 12.0. The van der Waals surface area contributed by atoms with Gasteiger partial charge in [-0.05, 0) is 42.3 Å². The minimum atomic E-state index is 0.589. The SMILES string of the molecule is CCNC(=NCc1cccc(OC)c1)NCc1ccnc(N(C)C)c1. The number of hydrogen-bond acceptors (Lipinski definition) is 4. The molecule has 1 aromatic heterocycles. The lowest BCUT2D eigenvalue weighted by atomic mass is 10.2. The number of rotatable bonds is 7. The van der Waals surface area contributed by atoms with Crippen molar-refractivity contribution in [2.24, 2.45) is 4.99 Å². The Morgan fingerprint density at radius 1 is 1.16 bits per heavy atom. The second kappa shape index (κ2) is 9.52. The van der Waals surface area contributed by atoms with Gasteiger partial charge in [-0.3, -0.25) is 0 Å². The van der Waals surface area contributed by atoms with E-state index in [9.17, 15) is 0 Å². The maximum absolute atomic E-state index is 5.26. The molecule has 6 heteroatoms. The van der Waals surface area contributed by atoms with Crippen molar-refractivity contribution in [3.63, 3.8) is 0 Å². The highest BCUT2D eigenvalue weighted by Crippen LogP contribution is 2.13. The first-order valence-electron chi connectivity index (χ1n) is 8.39. The summed E-state index contributed by atoms with van der Waals surface area (Å²) in [7, 11) is 5.64. The number of nitrogens with zero attached hydrogens (tertiary/aromatic N) is 3. The van der Waals surface area contributed by atoms with E-state index in [0.717, 1.165) is 35.2 Å². The summed E-state index contributed by atoms with van der Waals surface area (Å²) < 4.78 is 5.26. The van der Waals surface area contributed by atoms with Crippen LogP contribution in [-0.4, -0.2) is 38.7 Å². The molecule has 6 nitrogen and oxygen atoms in total. The smallest absolute Gasteiger partial charge is 0.191 e. The molecule has 0 fully saturated rings. The summed E-state index contributed by atoms with van der Waals surface area (Å²) in [5, 5.41) is 6.63. The summed E-state index contributed by atoms with van der Waals surface area (Å²) >= 11 is 0. The van der Waals surface area contributed by atoms with E-state index < -0.39 is 0 Å². The first kappa shape index (κ1) is 18.6. The monoisotopic (exact) mass is 341 g/mol. The van der Waals surface area contributed by atoms with Crippen molar-refractivity contribution in [3.05, 3.63) is 53.7 Å². The second-order valence-corrected chi connectivity index (χ2v) is 5.82. The average Bonchev–Trinajstić information content (AvgIpc) is 2.64. The summed E-state index contributed by atoms with van der Waals surface area (Å²) in [5.74, 6) is 2.57. The molecule has 1 heterocycles. The van der Waals surface area contributed by atoms with E-state index in [0.29, 0.717) is 13.1 Å². The molecule has 0 aliphatic heterocycles. The second-order valence-electron chi connectivity index (χ2n) is 5.82. The number of nitrogens with one attached hydrogen (secondary N) is 2. The van der Waals surface area contributed by atoms with Crippen LogP contribution in [0.2, 0.25) is 0 Å². The van der Waals surface area contributed by atoms with Crippen LogP contribution >= 0.6 is 0 Å². The quantitative estimate of drug-likeness (QED) is 0.598. The van der Waals surface area contributed by atoms with Gasteiger partial charge in [-0.15, -0.1) is 0 Å². The Morgan fingerprint density at radius 3 is 2.72 bits per heavy atom. The third-order valence-corrected chi connectivity index (χ3v) is 3.63. The molecule has 25 heavy (non-hydrogen) atoms. The number of aromatic nitrogens is 1. The van der Waals surface area contributed by atoms with E-state index in [2.05, 4.69) is 33.6 Å². The molecule has 1 aromatic carbocycles. The van der Waals surface area contributed by atoms with Crippen LogP contribution in [0.4, 0.5) is 5.82 Å². The molecule has 0 saturated carbocycles. The van der Waals surface area contributed by atoms with Gasteiger partial charge in [-0.1, -0.05) is 12.1 Å². The Kier molecular flexibility index (Phi) is 7.07. The topological polar surface area (TPSA) is 61.8 Å². The Hall–Kier alpha value is -2.76. The van der Waals surface area contributed by atoms with E-state index >= 15 is 0 Å². The molecule has 0 radical (unpaired) electrons. The molecule has 2 rings (SSSR count). The van der Waals surface area contributed by atoms with Gasteiger partial charge in [-0.2, -0.15) is 0 Å². The molecular formula is C19H27N5O. The third-order valence-electron chi connectivity index (χ3n) is 3.63. The van der Waals surface area contributed by atoms with Gasteiger partial charge in [0.15, 0.2) is 5.96 Å². The Labute approximate surface area is 149 Å². The molecule has 0 unspecified atom stereocenters. The van der Waals surface area contributed by atoms with E-state index in [1.54, 1.807) is 7.11 Å². The van der Waals surface area contributed by atoms with Crippen molar-refractivity contribution < 1.29 is 4.74 Å². The minimum Gasteiger partial charge on any atom is -0.497 e. The van der Waals surface area contributed by atoms with Crippen LogP contribution < -0.4 is 20.3 Å². The van der Waals surface area contributed by atoms with Crippen LogP contribution in [0, 0.1) is 0 Å². The van der Waals surface area contributed by atoms with E-state index in [-0.39, 0.29) is 0 Å². The van der Waals surface area contributed by atoms with Crippen molar-refractivity contribution in [1.29, 1.82) is 0 Å². The number of pyridine rings is 1. The van der Waals surface area contributed by atoms with Crippen molar-refractivity contribution in [2.75, 3.05) is 32.6 Å². The molecular weight excluding hydrogens is 314 g/mol. The van der Waals surface area contributed by atoms with Crippen molar-refractivity contribution >= 4 is 11.8 Å². The number of guanidine groups is 1. The molecule has 0 spiro atoms. The Balaban J connectivity index is 2.01. The summed E-state index contributed by atoms with van der Waals surface area (Å²) in [6.07, 6.45) is 1.83. The summed E-state index contributed by atoms with van der Waals surface area (Å²) in [4.78, 5) is 11.0. The van der Waals surface area contributed by atoms with E-state index in [4.69, 9.17) is 4.74 Å². The molecule has 0 aliphatic rings. The molecule has 134 valence electrons. The van der Waals surface area contributed by atoms with Crippen LogP contribution in [0.1, 0.15) is 18.1 Å². The molecule has 0 atom stereocenters. The van der Waals surface area contributed by atoms with Gasteiger partial charge in [0.25, 0.3) is 0 Å². The first-order chi connectivity index (χ1) is 12.1. The molecule has 2 N–H and O–H groups in total. The number of ether oxygens (including phenoxy) is 1. The Morgan fingerprint density at radius 2 is 2.00 bits per heavy atom. The maximum atomic E-state index is 5.26. The van der Waals surface area contributed by atoms with E-state index in [1.165, 1.54) is 0 Å². The minimum absolute atomic E-state index is 0.589. The van der Waals surface area contributed by atoms with Gasteiger partial charge in [0.1, 0.15) is 11.6 Å². The number of benzene rings is 1. The highest BCUT2D eigenvalue weighted by Gasteiger charge is 2.02. The molecule has 0 amide bonds. The fraction of sp³-hybridized carbons (Fsp3) is 0.368. The van der Waals surface area contributed by atoms with Gasteiger partial charge >= 0.3 is 0 Å². The molecule has 0 aliphatic carbocycles. The van der Waals surface area contributed by atoms with Crippen molar-refractivity contribution in [2.45, 2.75) is 20.0 Å². The summed E-state index contributed by atoms with van der Waals surface area (Å²) in [5.41, 5.74) is 2.26. The predicted octanol–water partition coefficient (Wildman–Crippen LogP) is 2.41. The lowest BCUT2D eigenvalue weighted by Gasteiger charge is -2.14. The lowest BCUT2D eigenvalue weighted by Crippen LogP contribution is -2.36. The number of methoxy groups -OCH3 is 1. The fourth-order valence-corrected chi connectivity index (χ4v) is 2.28. The highest BCUT2D eigenvalue weighted by atomic mass is 16.5. The fourth-order valence-electron chi connectivity index (χ4n) is 2.28. The number of anilines is 1. The summed E-state index contributed by atoms with van der Waals surface area (Å²) in [6.45, 7) is 4.14. The van der Waals surface area contributed by atoms with Crippen LogP contribution in [0.15, 0.2) is 47.6 Å². The molecule has 0 bridgehead atoms. The zero-order valence-corrected chi connectivity index (χ0v) is 15.4. The maximum Gasteiger partial charge on any atom is 0.191 e. The van der Waals surface area contributed by atoms with Crippen LogP contribution in [-0.2, 0) is 13.1 Å². The largest absolute Gasteiger partial charge is 0.497 e. The van der Waals surface area contributed by atoms with Crippen molar-refractivity contribution in [1.82, 2.24) is 15.6 Å². The lowest BCUT2D eigenvalue weighted by molar-refractivity contribution is 0.414. The van der Waals surface area contributed by atoms with Crippen LogP contribution in [0.25, 0.3) is 0 Å². The normalized spacial score (nSPS) is 11.1. The van der Waals surface area contributed by atoms with Gasteiger partial charge in [0.05, 0.1) is 13.7 Å². The standard InChI is InChI=1S/C19H27N5O/c1-5-20-19(22-13-15-7-6-8-17(11-15)25-4)23-14-16-9-10-21-18(12-16)24(2)3/h6-12H,5,13-14H2,1-4H3,(H2,20,22,23). The Bertz CT molecular complexity index is 700. The average molecular weight is 341 g/mol. The van der Waals surface area contributed by atoms with Crippen molar-refractivity contribution in [3.8, 4) is 5.75 Å². The molecule has 2 aromatic rings. The number of aliphatic imine (C=N–C) groups is 1. The van der Waals surface area contributed by atoms with E-state index in [1.807, 2.05) is 55.5 Å². The van der Waals surface area contributed by atoms with Gasteiger partial charge in [-0.25, -0.2) is 9.98 Å². The zero-order chi connectivity index (χ0) is 18.1. The predicted molar refractivity (Wildman–Crippen MR) is 103 cm³/mol. The van der Waals surface area contributed by atoms with Gasteiger partial charge in [0, 0.05) is 33.4 Å². The van der Waals surface area contributed by atoms with Gasteiger partial charge < -0.3 is 20.3 Å². The third kappa shape index (κ3) is 5.99. The van der Waals surface area contributed by atoms with Crippen LogP contribution in [0.3, 0.4) is 0 Å². The van der Waals surface area contributed by atoms with Gasteiger partial charge in [0.2, 0.25) is 0 Å². The first-order valence-corrected chi connectivity index (χ1v) is 8.39. The molecule has 0 saturated heterocycles. The zero-order valence-electron chi connectivity index (χ0n) is 15.4. The number of hydrogen-bond donors (Lipinski definition) is 2. The highest BCUT2D eigenvalue weighted by molar-refractivity contribution is 5.79.